The van der Waals surface area contributed by atoms with Gasteiger partial charge in [0.15, 0.2) is 0 Å². The van der Waals surface area contributed by atoms with Crippen LogP contribution in [0.1, 0.15) is 33.2 Å². The highest BCUT2D eigenvalue weighted by Gasteiger charge is 2.09. The molecule has 0 unspecified atom stereocenters. The topological polar surface area (TPSA) is 87.3 Å². The average Bonchev–Trinajstić information content (AvgIpc) is 2.73. The number of carbonyl (C=O) groups is 3. The second kappa shape index (κ2) is 9.32. The summed E-state index contributed by atoms with van der Waals surface area (Å²) in [6.07, 6.45) is 0. The number of nitrogens with one attached hydrogen (secondary N) is 3. The largest absolute Gasteiger partial charge is 0.348 e. The first-order chi connectivity index (χ1) is 14.0. The lowest BCUT2D eigenvalue weighted by molar-refractivity contribution is -0.114. The van der Waals surface area contributed by atoms with Crippen LogP contribution in [0.3, 0.4) is 0 Å². The molecule has 29 heavy (non-hydrogen) atoms. The maximum absolute atomic E-state index is 12.4. The summed E-state index contributed by atoms with van der Waals surface area (Å²) in [5.41, 5.74) is 3.16. The van der Waals surface area contributed by atoms with E-state index in [0.717, 1.165) is 11.3 Å². The highest BCUT2D eigenvalue weighted by Crippen LogP contribution is 2.12. The first-order valence-electron chi connectivity index (χ1n) is 9.12. The Kier molecular flexibility index (Phi) is 6.37. The van der Waals surface area contributed by atoms with Gasteiger partial charge < -0.3 is 16.0 Å². The van der Waals surface area contributed by atoms with Crippen LogP contribution in [0.5, 0.6) is 0 Å². The molecule has 3 rings (SSSR count). The van der Waals surface area contributed by atoms with Crippen molar-refractivity contribution in [2.75, 3.05) is 10.6 Å². The van der Waals surface area contributed by atoms with Crippen LogP contribution in [0, 0.1) is 0 Å². The molecule has 0 aliphatic carbocycles. The molecule has 0 aliphatic rings. The first-order valence-corrected chi connectivity index (χ1v) is 9.12. The van der Waals surface area contributed by atoms with E-state index in [0.29, 0.717) is 23.4 Å². The van der Waals surface area contributed by atoms with Crippen molar-refractivity contribution in [2.24, 2.45) is 0 Å². The molecular weight excluding hydrogens is 366 g/mol. The SMILES string of the molecule is CC(=O)Nc1ccc(C(=O)NCc2cccc(C(=O)Nc3ccccc3)c2)cc1. The Morgan fingerprint density at radius 3 is 2.07 bits per heavy atom. The smallest absolute Gasteiger partial charge is 0.255 e. The molecular formula is C23H21N3O3. The Bertz CT molecular complexity index is 1020. The summed E-state index contributed by atoms with van der Waals surface area (Å²) < 4.78 is 0. The zero-order valence-corrected chi connectivity index (χ0v) is 15.9. The fourth-order valence-corrected chi connectivity index (χ4v) is 2.74. The van der Waals surface area contributed by atoms with Crippen LogP contribution in [-0.4, -0.2) is 17.7 Å². The number of rotatable bonds is 6. The number of para-hydroxylation sites is 1. The fraction of sp³-hybridized carbons (Fsp3) is 0.0870. The fourth-order valence-electron chi connectivity index (χ4n) is 2.74. The maximum atomic E-state index is 12.4. The zero-order chi connectivity index (χ0) is 20.6. The minimum Gasteiger partial charge on any atom is -0.348 e. The first kappa shape index (κ1) is 19.8. The van der Waals surface area contributed by atoms with E-state index in [9.17, 15) is 14.4 Å². The molecule has 0 fully saturated rings. The van der Waals surface area contributed by atoms with E-state index in [1.165, 1.54) is 6.92 Å². The summed E-state index contributed by atoms with van der Waals surface area (Å²) in [7, 11) is 0. The van der Waals surface area contributed by atoms with Crippen LogP contribution >= 0.6 is 0 Å². The van der Waals surface area contributed by atoms with Gasteiger partial charge in [0.25, 0.3) is 11.8 Å². The van der Waals surface area contributed by atoms with Crippen LogP contribution in [0.25, 0.3) is 0 Å². The molecule has 0 spiro atoms. The molecule has 0 saturated heterocycles. The average molecular weight is 387 g/mol. The van der Waals surface area contributed by atoms with Crippen LogP contribution in [-0.2, 0) is 11.3 Å². The van der Waals surface area contributed by atoms with E-state index in [1.807, 2.05) is 36.4 Å². The second-order valence-electron chi connectivity index (χ2n) is 6.46. The number of benzene rings is 3. The van der Waals surface area contributed by atoms with Crippen molar-refractivity contribution in [3.8, 4) is 0 Å². The van der Waals surface area contributed by atoms with Crippen LogP contribution in [0.2, 0.25) is 0 Å². The number of carbonyl (C=O) groups excluding carboxylic acids is 3. The molecule has 6 nitrogen and oxygen atoms in total. The van der Waals surface area contributed by atoms with Crippen molar-refractivity contribution in [3.63, 3.8) is 0 Å². The van der Waals surface area contributed by atoms with Crippen molar-refractivity contribution >= 4 is 29.1 Å². The predicted octanol–water partition coefficient (Wildman–Crippen LogP) is 3.83. The summed E-state index contributed by atoms with van der Waals surface area (Å²) >= 11 is 0. The van der Waals surface area contributed by atoms with Crippen molar-refractivity contribution < 1.29 is 14.4 Å². The van der Waals surface area contributed by atoms with Gasteiger partial charge >= 0.3 is 0 Å². The van der Waals surface area contributed by atoms with Crippen molar-refractivity contribution in [2.45, 2.75) is 13.5 Å². The highest BCUT2D eigenvalue weighted by molar-refractivity contribution is 6.04. The lowest BCUT2D eigenvalue weighted by Crippen LogP contribution is -2.23. The molecule has 3 N–H and O–H groups in total. The minimum atomic E-state index is -0.237. The Morgan fingerprint density at radius 2 is 1.38 bits per heavy atom. The van der Waals surface area contributed by atoms with Gasteiger partial charge in [0.1, 0.15) is 0 Å². The number of amides is 3. The Hall–Kier alpha value is -3.93. The summed E-state index contributed by atoms with van der Waals surface area (Å²) in [5.74, 6) is -0.616. The van der Waals surface area contributed by atoms with E-state index in [4.69, 9.17) is 0 Å². The summed E-state index contributed by atoms with van der Waals surface area (Å²) in [5, 5.41) is 8.33. The van der Waals surface area contributed by atoms with Crippen molar-refractivity contribution in [3.05, 3.63) is 95.6 Å². The molecule has 3 aromatic rings. The normalized spacial score (nSPS) is 10.1. The van der Waals surface area contributed by atoms with Crippen molar-refractivity contribution in [1.29, 1.82) is 0 Å². The molecule has 0 saturated carbocycles. The molecule has 6 heteroatoms. The van der Waals surface area contributed by atoms with Crippen LogP contribution in [0.15, 0.2) is 78.9 Å². The zero-order valence-electron chi connectivity index (χ0n) is 15.9. The number of hydrogen-bond acceptors (Lipinski definition) is 3. The van der Waals surface area contributed by atoms with Gasteiger partial charge in [0.05, 0.1) is 0 Å². The van der Waals surface area contributed by atoms with Gasteiger partial charge in [-0.25, -0.2) is 0 Å². The molecule has 0 radical (unpaired) electrons. The van der Waals surface area contributed by atoms with Gasteiger partial charge in [-0.2, -0.15) is 0 Å². The summed E-state index contributed by atoms with van der Waals surface area (Å²) in [6, 6.07) is 23.0. The highest BCUT2D eigenvalue weighted by atomic mass is 16.2. The number of anilines is 2. The standard InChI is InChI=1S/C23H21N3O3/c1-16(27)25-21-12-10-18(11-13-21)22(28)24-15-17-6-5-7-19(14-17)23(29)26-20-8-3-2-4-9-20/h2-14H,15H2,1H3,(H,24,28)(H,25,27)(H,26,29). The molecule has 0 aliphatic heterocycles. The molecule has 3 amide bonds. The van der Waals surface area contributed by atoms with Gasteiger partial charge in [-0.1, -0.05) is 30.3 Å². The minimum absolute atomic E-state index is 0.168. The Morgan fingerprint density at radius 1 is 0.690 bits per heavy atom. The van der Waals surface area contributed by atoms with E-state index in [1.54, 1.807) is 42.5 Å². The number of hydrogen-bond donors (Lipinski definition) is 3. The summed E-state index contributed by atoms with van der Waals surface area (Å²) in [4.78, 5) is 35.8. The van der Waals surface area contributed by atoms with Gasteiger partial charge in [-0.3, -0.25) is 14.4 Å². The monoisotopic (exact) mass is 387 g/mol. The van der Waals surface area contributed by atoms with E-state index in [2.05, 4.69) is 16.0 Å². The third-order valence-corrected chi connectivity index (χ3v) is 4.14. The van der Waals surface area contributed by atoms with Crippen molar-refractivity contribution in [1.82, 2.24) is 5.32 Å². The lowest BCUT2D eigenvalue weighted by atomic mass is 10.1. The molecule has 3 aromatic carbocycles. The lowest BCUT2D eigenvalue weighted by Gasteiger charge is -2.09. The Balaban J connectivity index is 1.59. The van der Waals surface area contributed by atoms with Gasteiger partial charge in [-0.15, -0.1) is 0 Å². The Labute approximate surface area is 169 Å². The second-order valence-corrected chi connectivity index (χ2v) is 6.46. The van der Waals surface area contributed by atoms with E-state index >= 15 is 0 Å². The van der Waals surface area contributed by atoms with E-state index in [-0.39, 0.29) is 17.7 Å². The molecule has 0 heterocycles. The third-order valence-electron chi connectivity index (χ3n) is 4.14. The molecule has 0 aromatic heterocycles. The maximum Gasteiger partial charge on any atom is 0.255 e. The third kappa shape index (κ3) is 5.77. The quantitative estimate of drug-likeness (QED) is 0.601. The van der Waals surface area contributed by atoms with Gasteiger partial charge in [0.2, 0.25) is 5.91 Å². The summed E-state index contributed by atoms with van der Waals surface area (Å²) in [6.45, 7) is 1.72. The van der Waals surface area contributed by atoms with Gasteiger partial charge in [-0.05, 0) is 54.1 Å². The van der Waals surface area contributed by atoms with Crippen LogP contribution in [0.4, 0.5) is 11.4 Å². The molecule has 0 bridgehead atoms. The van der Waals surface area contributed by atoms with Crippen LogP contribution < -0.4 is 16.0 Å². The van der Waals surface area contributed by atoms with Gasteiger partial charge in [0, 0.05) is 36.0 Å². The molecule has 146 valence electrons. The molecule has 0 atom stereocenters. The van der Waals surface area contributed by atoms with E-state index < -0.39 is 0 Å². The predicted molar refractivity (Wildman–Crippen MR) is 113 cm³/mol.